The number of rotatable bonds is 5. The van der Waals surface area contributed by atoms with Crippen LogP contribution in [0.25, 0.3) is 33.2 Å². The van der Waals surface area contributed by atoms with Gasteiger partial charge in [-0.05, 0) is 18.2 Å². The van der Waals surface area contributed by atoms with Crippen LogP contribution in [0.2, 0.25) is 4.47 Å². The first kappa shape index (κ1) is 18.5. The number of benzene rings is 1. The van der Waals surface area contributed by atoms with E-state index in [1.54, 1.807) is 11.6 Å². The van der Waals surface area contributed by atoms with Gasteiger partial charge in [-0.15, -0.1) is 16.4 Å². The molecule has 4 heterocycles. The van der Waals surface area contributed by atoms with Crippen LogP contribution in [0.15, 0.2) is 35.8 Å². The highest BCUT2D eigenvalue weighted by Gasteiger charge is 2.14. The second kappa shape index (κ2) is 7.35. The number of pyridine rings is 1. The topological polar surface area (TPSA) is 140 Å². The van der Waals surface area contributed by atoms with Crippen molar-refractivity contribution in [2.24, 2.45) is 0 Å². The minimum absolute atomic E-state index is 0.288. The zero-order valence-electron chi connectivity index (χ0n) is 15.3. The van der Waals surface area contributed by atoms with Crippen molar-refractivity contribution < 1.29 is 4.79 Å². The van der Waals surface area contributed by atoms with Gasteiger partial charge in [-0.3, -0.25) is 9.89 Å². The predicted molar refractivity (Wildman–Crippen MR) is 114 cm³/mol. The van der Waals surface area contributed by atoms with Crippen LogP contribution in [0, 0.1) is 0 Å². The first-order valence-corrected chi connectivity index (χ1v) is 10.2. The Bertz CT molecular complexity index is 1380. The number of halogens is 1. The lowest BCUT2D eigenvalue weighted by Crippen LogP contribution is -2.28. The molecule has 5 rings (SSSR count). The van der Waals surface area contributed by atoms with Gasteiger partial charge in [-0.1, -0.05) is 17.7 Å². The van der Waals surface area contributed by atoms with Crippen molar-refractivity contribution in [2.75, 3.05) is 12.3 Å². The number of aromatic nitrogens is 7. The van der Waals surface area contributed by atoms with Gasteiger partial charge >= 0.3 is 0 Å². The molecule has 12 heteroatoms. The van der Waals surface area contributed by atoms with E-state index in [2.05, 4.69) is 35.7 Å². The number of fused-ring (bicyclic) bond motifs is 3. The summed E-state index contributed by atoms with van der Waals surface area (Å²) in [6, 6.07) is 7.71. The van der Waals surface area contributed by atoms with E-state index in [0.717, 1.165) is 16.6 Å². The maximum absolute atomic E-state index is 12.1. The summed E-state index contributed by atoms with van der Waals surface area (Å²) >= 11 is 6.97. The Morgan fingerprint density at radius 3 is 2.87 bits per heavy atom. The third-order valence-corrected chi connectivity index (χ3v) is 5.49. The van der Waals surface area contributed by atoms with Gasteiger partial charge in [-0.2, -0.15) is 15.0 Å². The van der Waals surface area contributed by atoms with E-state index in [9.17, 15) is 4.79 Å². The lowest BCUT2D eigenvalue weighted by atomic mass is 10.1. The lowest BCUT2D eigenvalue weighted by Gasteiger charge is -2.03. The highest BCUT2D eigenvalue weighted by molar-refractivity contribution is 7.14. The summed E-state index contributed by atoms with van der Waals surface area (Å²) in [6.07, 6.45) is 1.69. The third-order valence-electron chi connectivity index (χ3n) is 4.51. The molecule has 0 aliphatic rings. The van der Waals surface area contributed by atoms with Crippen LogP contribution in [0.1, 0.15) is 10.5 Å². The summed E-state index contributed by atoms with van der Waals surface area (Å²) in [4.78, 5) is 22.0. The number of carbonyl (C=O) groups is 1. The molecular formula is C18H14ClN9OS. The van der Waals surface area contributed by atoms with Crippen molar-refractivity contribution in [3.63, 3.8) is 0 Å². The molecule has 1 aromatic carbocycles. The molecule has 30 heavy (non-hydrogen) atoms. The smallest absolute Gasteiger partial charge is 0.270 e. The number of amides is 1. The Hall–Kier alpha value is -3.57. The summed E-state index contributed by atoms with van der Waals surface area (Å²) in [5.74, 6) is -0.000473. The standard InChI is InChI=1S/C18H14ClN9OS/c19-18-24-13(8-30-18)17(29)21-5-6-28-26-14-10-2-1-9(11-3-4-22-25-11)7-12(10)23-16(20)15(14)27-28/h1-4,7-8H,5-6H2,(H2,20,23)(H,21,29)(H,22,25). The molecule has 0 unspecified atom stereocenters. The quantitative estimate of drug-likeness (QED) is 0.382. The van der Waals surface area contributed by atoms with Crippen molar-refractivity contribution >= 4 is 56.6 Å². The SMILES string of the molecule is Nc1nc2cc(-c3ccn[nH]3)ccc2c2nn(CCNC(=O)c3csc(Cl)n3)nc12. The van der Waals surface area contributed by atoms with E-state index in [1.165, 1.54) is 16.1 Å². The molecule has 0 saturated carbocycles. The van der Waals surface area contributed by atoms with Crippen LogP contribution in [-0.2, 0) is 6.54 Å². The second-order valence-electron chi connectivity index (χ2n) is 6.43. The number of thiazole rings is 1. The van der Waals surface area contributed by atoms with E-state index in [1.807, 2.05) is 24.3 Å². The van der Waals surface area contributed by atoms with Crippen molar-refractivity contribution in [2.45, 2.75) is 6.54 Å². The van der Waals surface area contributed by atoms with Crippen molar-refractivity contribution in [3.05, 3.63) is 46.0 Å². The average Bonchev–Trinajstić information content (AvgIpc) is 3.48. The van der Waals surface area contributed by atoms with Crippen LogP contribution in [-0.4, -0.2) is 47.6 Å². The Kier molecular flexibility index (Phi) is 4.52. The van der Waals surface area contributed by atoms with E-state index in [4.69, 9.17) is 17.3 Å². The maximum Gasteiger partial charge on any atom is 0.270 e. The lowest BCUT2D eigenvalue weighted by molar-refractivity contribution is 0.0947. The first-order valence-electron chi connectivity index (χ1n) is 8.91. The molecule has 0 fully saturated rings. The van der Waals surface area contributed by atoms with Crippen LogP contribution in [0.5, 0.6) is 0 Å². The molecular weight excluding hydrogens is 426 g/mol. The number of hydrogen-bond acceptors (Lipinski definition) is 8. The monoisotopic (exact) mass is 439 g/mol. The van der Waals surface area contributed by atoms with Gasteiger partial charge in [0.15, 0.2) is 15.8 Å². The molecule has 1 amide bonds. The number of nitrogens with one attached hydrogen (secondary N) is 2. The summed E-state index contributed by atoms with van der Waals surface area (Å²) in [7, 11) is 0. The van der Waals surface area contributed by atoms with Gasteiger partial charge in [0.2, 0.25) is 0 Å². The Labute approximate surface area is 178 Å². The summed E-state index contributed by atoms with van der Waals surface area (Å²) < 4.78 is 0.325. The predicted octanol–water partition coefficient (Wildman–Crippen LogP) is 2.49. The Morgan fingerprint density at radius 2 is 2.10 bits per heavy atom. The average molecular weight is 440 g/mol. The van der Waals surface area contributed by atoms with Gasteiger partial charge in [0.1, 0.15) is 11.2 Å². The van der Waals surface area contributed by atoms with Gasteiger partial charge in [-0.25, -0.2) is 9.97 Å². The third kappa shape index (κ3) is 3.33. The fraction of sp³-hybridized carbons (Fsp3) is 0.111. The molecule has 4 N–H and O–H groups in total. The molecule has 5 aromatic rings. The minimum atomic E-state index is -0.298. The zero-order chi connectivity index (χ0) is 20.7. The normalized spacial score (nSPS) is 11.4. The van der Waals surface area contributed by atoms with Gasteiger partial charge in [0.05, 0.1) is 17.8 Å². The zero-order valence-corrected chi connectivity index (χ0v) is 16.9. The summed E-state index contributed by atoms with van der Waals surface area (Å²) in [6.45, 7) is 0.690. The molecule has 0 aliphatic carbocycles. The number of nitrogens with zero attached hydrogens (tertiary/aromatic N) is 6. The Morgan fingerprint density at radius 1 is 1.23 bits per heavy atom. The number of anilines is 1. The van der Waals surface area contributed by atoms with Crippen LogP contribution >= 0.6 is 22.9 Å². The summed E-state index contributed by atoms with van der Waals surface area (Å²) in [5, 5.41) is 21.1. The van der Waals surface area contributed by atoms with E-state index < -0.39 is 0 Å². The van der Waals surface area contributed by atoms with Gasteiger partial charge in [0.25, 0.3) is 5.91 Å². The van der Waals surface area contributed by atoms with Crippen LogP contribution in [0.3, 0.4) is 0 Å². The number of nitrogens with two attached hydrogens (primary N) is 1. The fourth-order valence-corrected chi connectivity index (χ4v) is 3.85. The maximum atomic E-state index is 12.1. The molecule has 10 nitrogen and oxygen atoms in total. The second-order valence-corrected chi connectivity index (χ2v) is 7.87. The molecule has 0 atom stereocenters. The van der Waals surface area contributed by atoms with E-state index in [0.29, 0.717) is 39.9 Å². The molecule has 4 aromatic heterocycles. The van der Waals surface area contributed by atoms with Crippen molar-refractivity contribution in [1.29, 1.82) is 0 Å². The molecule has 0 saturated heterocycles. The summed E-state index contributed by atoms with van der Waals surface area (Å²) in [5.41, 5.74) is 10.1. The molecule has 0 aliphatic heterocycles. The molecule has 0 radical (unpaired) electrons. The van der Waals surface area contributed by atoms with Gasteiger partial charge in [0, 0.05) is 29.1 Å². The largest absolute Gasteiger partial charge is 0.382 e. The highest BCUT2D eigenvalue weighted by Crippen LogP contribution is 2.28. The van der Waals surface area contributed by atoms with Crippen LogP contribution in [0.4, 0.5) is 5.82 Å². The number of aromatic amines is 1. The molecule has 150 valence electrons. The van der Waals surface area contributed by atoms with Crippen molar-refractivity contribution in [1.82, 2.24) is 40.5 Å². The molecule has 0 spiro atoms. The van der Waals surface area contributed by atoms with E-state index in [-0.39, 0.29) is 11.6 Å². The fourth-order valence-electron chi connectivity index (χ4n) is 3.11. The van der Waals surface area contributed by atoms with Gasteiger partial charge < -0.3 is 11.1 Å². The number of nitrogen functional groups attached to an aromatic ring is 1. The molecule has 0 bridgehead atoms. The highest BCUT2D eigenvalue weighted by atomic mass is 35.5. The van der Waals surface area contributed by atoms with E-state index >= 15 is 0 Å². The first-order chi connectivity index (χ1) is 14.6. The number of hydrogen-bond donors (Lipinski definition) is 3. The van der Waals surface area contributed by atoms with Crippen LogP contribution < -0.4 is 11.1 Å². The number of H-pyrrole nitrogens is 1. The van der Waals surface area contributed by atoms with Crippen molar-refractivity contribution in [3.8, 4) is 11.3 Å². The number of carbonyl (C=O) groups excluding carboxylic acids is 1. The Balaban J connectivity index is 1.40. The minimum Gasteiger partial charge on any atom is -0.382 e.